The fourth-order valence-corrected chi connectivity index (χ4v) is 9.56. The summed E-state index contributed by atoms with van der Waals surface area (Å²) < 4.78 is 35.7. The number of carbonyl (C=O) groups excluding carboxylic acids is 3. The number of amides is 1. The van der Waals surface area contributed by atoms with Gasteiger partial charge in [0, 0.05) is 6.61 Å². The van der Waals surface area contributed by atoms with Gasteiger partial charge in [-0.25, -0.2) is 4.79 Å². The van der Waals surface area contributed by atoms with Gasteiger partial charge < -0.3 is 27.5 Å². The fourth-order valence-electron chi connectivity index (χ4n) is 4.29. The monoisotopic (exact) mass is 621 g/mol. The molecular formula is C27H48NO9PSSi. The van der Waals surface area contributed by atoms with Crippen LogP contribution in [-0.4, -0.2) is 86.2 Å². The Morgan fingerprint density at radius 2 is 1.75 bits per heavy atom. The molecule has 0 radical (unpaired) electrons. The quantitative estimate of drug-likeness (QED) is 0.0780. The van der Waals surface area contributed by atoms with Gasteiger partial charge in [0.15, 0.2) is 8.32 Å². The summed E-state index contributed by atoms with van der Waals surface area (Å²) in [5.74, 6) is -1.89. The second-order valence-corrected chi connectivity index (χ2v) is 19.2. The number of hydrogen-bond acceptors (Lipinski definition) is 10. The van der Waals surface area contributed by atoms with Gasteiger partial charge in [-0.2, -0.15) is 0 Å². The van der Waals surface area contributed by atoms with Crippen LogP contribution in [0.3, 0.4) is 0 Å². The molecule has 13 heteroatoms. The average Bonchev–Trinajstić information content (AvgIpc) is 3.40. The van der Waals surface area contributed by atoms with E-state index >= 15 is 0 Å². The van der Waals surface area contributed by atoms with Crippen LogP contribution in [0.15, 0.2) is 12.7 Å². The molecule has 0 bridgehead atoms. The summed E-state index contributed by atoms with van der Waals surface area (Å²) in [7, 11) is -5.83. The molecule has 1 unspecified atom stereocenters. The van der Waals surface area contributed by atoms with Gasteiger partial charge in [0.2, 0.25) is 16.4 Å². The number of hydrogen-bond donors (Lipinski definition) is 0. The van der Waals surface area contributed by atoms with Crippen LogP contribution < -0.4 is 0 Å². The summed E-state index contributed by atoms with van der Waals surface area (Å²) in [4.78, 5) is 42.3. The number of esters is 1. The molecule has 2 aliphatic heterocycles. The molecule has 1 amide bonds. The molecule has 0 aromatic carbocycles. The molecule has 0 saturated carbocycles. The summed E-state index contributed by atoms with van der Waals surface area (Å²) >= 11 is 0.984. The Hall–Kier alpha value is -0.983. The van der Waals surface area contributed by atoms with E-state index in [1.807, 2.05) is 6.92 Å². The Bertz CT molecular complexity index is 954. The maximum absolute atomic E-state index is 14.0. The lowest BCUT2D eigenvalue weighted by atomic mass is 9.93. The van der Waals surface area contributed by atoms with Crippen molar-refractivity contribution in [2.45, 2.75) is 97.0 Å². The van der Waals surface area contributed by atoms with Crippen LogP contribution in [0, 0.1) is 5.92 Å². The van der Waals surface area contributed by atoms with Gasteiger partial charge in [-0.3, -0.25) is 14.5 Å². The Labute approximate surface area is 245 Å². The SMILES string of the molecule is C=CCOC(=O)C(N1C(=O)[C@H]([C@@H](C)O[Si](C)(C)C(C)(C)C)[C@H]1SC(=O)C1CCCO1)=P(OCC)(OCC)OCC. The molecule has 2 aliphatic rings. The van der Waals surface area contributed by atoms with E-state index in [-0.39, 0.29) is 47.9 Å². The molecule has 2 rings (SSSR count). The predicted octanol–water partition coefficient (Wildman–Crippen LogP) is 5.35. The maximum Gasteiger partial charge on any atom is 0.362 e. The van der Waals surface area contributed by atoms with Crippen LogP contribution in [-0.2, 0) is 41.9 Å². The van der Waals surface area contributed by atoms with Crippen molar-refractivity contribution in [2.24, 2.45) is 5.92 Å². The maximum atomic E-state index is 14.0. The van der Waals surface area contributed by atoms with Crippen molar-refractivity contribution >= 4 is 50.1 Å². The first-order valence-electron chi connectivity index (χ1n) is 14.0. The average molecular weight is 622 g/mol. The van der Waals surface area contributed by atoms with Crippen LogP contribution in [0.2, 0.25) is 18.1 Å². The molecule has 2 heterocycles. The highest BCUT2D eigenvalue weighted by atomic mass is 32.2. The van der Waals surface area contributed by atoms with Gasteiger partial charge in [-0.15, -0.1) is 0 Å². The molecule has 0 aromatic heterocycles. The molecule has 2 saturated heterocycles. The van der Waals surface area contributed by atoms with Crippen molar-refractivity contribution < 1.29 is 41.9 Å². The molecule has 230 valence electrons. The van der Waals surface area contributed by atoms with E-state index < -0.39 is 45.4 Å². The smallest absolute Gasteiger partial charge is 0.362 e. The van der Waals surface area contributed by atoms with Gasteiger partial charge in [-0.05, 0) is 58.7 Å². The number of rotatable bonds is 15. The van der Waals surface area contributed by atoms with Crippen LogP contribution in [0.1, 0.15) is 61.3 Å². The van der Waals surface area contributed by atoms with E-state index in [9.17, 15) is 14.4 Å². The zero-order valence-electron chi connectivity index (χ0n) is 25.5. The van der Waals surface area contributed by atoms with E-state index in [1.54, 1.807) is 20.8 Å². The van der Waals surface area contributed by atoms with E-state index in [0.29, 0.717) is 13.0 Å². The molecule has 2 fully saturated rings. The first-order chi connectivity index (χ1) is 18.7. The molecule has 0 aromatic rings. The number of nitrogens with zero attached hydrogens (tertiary/aromatic N) is 1. The lowest BCUT2D eigenvalue weighted by molar-refractivity contribution is -0.151. The summed E-state index contributed by atoms with van der Waals surface area (Å²) in [6.45, 7) is 22.2. The minimum absolute atomic E-state index is 0.0876. The predicted molar refractivity (Wildman–Crippen MR) is 161 cm³/mol. The zero-order chi connectivity index (χ0) is 30.3. The van der Waals surface area contributed by atoms with Gasteiger partial charge in [0.25, 0.3) is 7.57 Å². The first kappa shape index (κ1) is 35.2. The number of ether oxygens (including phenoxy) is 2. The Morgan fingerprint density at radius 3 is 2.20 bits per heavy atom. The molecule has 40 heavy (non-hydrogen) atoms. The summed E-state index contributed by atoms with van der Waals surface area (Å²) in [5, 5.41) is -1.05. The van der Waals surface area contributed by atoms with Crippen LogP contribution in [0.4, 0.5) is 0 Å². The first-order valence-corrected chi connectivity index (χ1v) is 19.3. The summed E-state index contributed by atoms with van der Waals surface area (Å²) in [6, 6.07) is 0. The van der Waals surface area contributed by atoms with Crippen molar-refractivity contribution in [1.29, 1.82) is 0 Å². The van der Waals surface area contributed by atoms with Gasteiger partial charge in [-0.1, -0.05) is 45.2 Å². The second kappa shape index (κ2) is 15.0. The van der Waals surface area contributed by atoms with E-state index in [0.717, 1.165) is 18.2 Å². The highest BCUT2D eigenvalue weighted by molar-refractivity contribution is 8.14. The minimum Gasteiger partial charge on any atom is -0.457 e. The lowest BCUT2D eigenvalue weighted by Crippen LogP contribution is -2.68. The standard InChI is InChI=1S/C27H48NO9PSSi/c1-11-17-33-25(30)23(38(34-12-2,35-13-3)36-14-4)28-22(29)21(19(5)37-40(9,10)27(6,7)8)24(28)39-26(31)20-16-15-18-32-20/h11,19-21,24H,1,12-18H2,2-10H3/t19-,20?,21+,24-/m1/s1. The van der Waals surface area contributed by atoms with E-state index in [2.05, 4.69) is 40.4 Å². The van der Waals surface area contributed by atoms with Crippen molar-refractivity contribution in [3.8, 4) is 0 Å². The minimum atomic E-state index is -3.57. The van der Waals surface area contributed by atoms with Gasteiger partial charge in [0.05, 0.1) is 31.8 Å². The molecule has 0 spiro atoms. The molecule has 4 atom stereocenters. The van der Waals surface area contributed by atoms with Gasteiger partial charge >= 0.3 is 5.97 Å². The van der Waals surface area contributed by atoms with Crippen molar-refractivity contribution in [3.63, 3.8) is 0 Å². The molecular weight excluding hydrogens is 573 g/mol. The molecule has 10 nitrogen and oxygen atoms in total. The summed E-state index contributed by atoms with van der Waals surface area (Å²) in [6.07, 6.45) is 1.75. The lowest BCUT2D eigenvalue weighted by Gasteiger charge is -2.51. The van der Waals surface area contributed by atoms with Crippen molar-refractivity contribution in [3.05, 3.63) is 12.7 Å². The number of likely N-dealkylation sites (tertiary alicyclic amines) is 1. The second-order valence-electron chi connectivity index (χ2n) is 11.1. The third-order valence-corrected chi connectivity index (χ3v) is 15.7. The number of β-lactam (4-membered cyclic amide) rings is 1. The van der Waals surface area contributed by atoms with Crippen molar-refractivity contribution in [1.82, 2.24) is 4.90 Å². The third-order valence-electron chi connectivity index (χ3n) is 7.21. The number of carbonyl (C=O) groups is 3. The highest BCUT2D eigenvalue weighted by Gasteiger charge is 2.58. The van der Waals surface area contributed by atoms with E-state index in [4.69, 9.17) is 27.5 Å². The Balaban J connectivity index is 2.67. The largest absolute Gasteiger partial charge is 0.457 e. The Kier molecular flexibility index (Phi) is 13.2. The van der Waals surface area contributed by atoms with E-state index in [1.165, 1.54) is 11.0 Å². The zero-order valence-corrected chi connectivity index (χ0v) is 28.2. The summed E-state index contributed by atoms with van der Waals surface area (Å²) in [5.41, 5.74) is -0.154. The molecule has 0 N–H and O–H groups in total. The van der Waals surface area contributed by atoms with Crippen LogP contribution in [0.25, 0.3) is 0 Å². The number of thioether (sulfide) groups is 1. The third kappa shape index (κ3) is 7.89. The fraction of sp³-hybridized carbons (Fsp3) is 0.778. The Morgan fingerprint density at radius 1 is 1.18 bits per heavy atom. The van der Waals surface area contributed by atoms with Crippen molar-refractivity contribution in [2.75, 3.05) is 33.0 Å². The highest BCUT2D eigenvalue weighted by Crippen LogP contribution is 2.56. The van der Waals surface area contributed by atoms with Crippen LogP contribution in [0.5, 0.6) is 0 Å². The van der Waals surface area contributed by atoms with Gasteiger partial charge in [0.1, 0.15) is 18.1 Å². The molecule has 0 aliphatic carbocycles. The normalized spacial score (nSPS) is 22.6. The van der Waals surface area contributed by atoms with Crippen LogP contribution >= 0.6 is 19.3 Å². The topological polar surface area (TPSA) is 110 Å².